The van der Waals surface area contributed by atoms with Crippen molar-refractivity contribution in [2.24, 2.45) is 0 Å². The van der Waals surface area contributed by atoms with Crippen molar-refractivity contribution in [1.29, 1.82) is 5.41 Å². The number of nitrogens with zero attached hydrogens (tertiary/aromatic N) is 1. The van der Waals surface area contributed by atoms with Crippen LogP contribution >= 0.6 is 0 Å². The predicted molar refractivity (Wildman–Crippen MR) is 87.4 cm³/mol. The average molecular weight is 344 g/mol. The maximum Gasteiger partial charge on any atom is 0.269 e. The number of hydrogen-bond donors (Lipinski definition) is 1. The SMILES string of the molecule is CCC(=N)C(C)(C)S(=O)(=O)CC(C)c1cc([N+](=O)[O-])ccc1F. The molecule has 0 saturated heterocycles. The summed E-state index contributed by atoms with van der Waals surface area (Å²) in [7, 11) is -3.73. The third kappa shape index (κ3) is 3.93. The zero-order chi connectivity index (χ0) is 18.0. The van der Waals surface area contributed by atoms with E-state index >= 15 is 0 Å². The molecule has 1 unspecified atom stereocenters. The van der Waals surface area contributed by atoms with Gasteiger partial charge in [0.2, 0.25) is 0 Å². The second-order valence-electron chi connectivity index (χ2n) is 5.99. The Morgan fingerprint density at radius 3 is 2.48 bits per heavy atom. The molecule has 1 aromatic carbocycles. The lowest BCUT2D eigenvalue weighted by molar-refractivity contribution is -0.385. The van der Waals surface area contributed by atoms with Crippen molar-refractivity contribution in [1.82, 2.24) is 0 Å². The molecule has 1 N–H and O–H groups in total. The zero-order valence-corrected chi connectivity index (χ0v) is 14.4. The topological polar surface area (TPSA) is 101 Å². The highest BCUT2D eigenvalue weighted by atomic mass is 32.2. The van der Waals surface area contributed by atoms with Crippen LogP contribution in [0.5, 0.6) is 0 Å². The van der Waals surface area contributed by atoms with Gasteiger partial charge in [0.05, 0.1) is 10.7 Å². The first kappa shape index (κ1) is 19.2. The minimum absolute atomic E-state index is 0.0124. The second-order valence-corrected chi connectivity index (χ2v) is 8.57. The average Bonchev–Trinajstić information content (AvgIpc) is 2.45. The van der Waals surface area contributed by atoms with E-state index in [0.717, 1.165) is 18.2 Å². The van der Waals surface area contributed by atoms with E-state index in [9.17, 15) is 22.9 Å². The molecule has 0 spiro atoms. The lowest BCUT2D eigenvalue weighted by Crippen LogP contribution is -2.42. The fraction of sp³-hybridized carbons (Fsp3) is 0.533. The Morgan fingerprint density at radius 1 is 1.43 bits per heavy atom. The summed E-state index contributed by atoms with van der Waals surface area (Å²) in [5, 5.41) is 18.6. The maximum atomic E-state index is 13.9. The molecule has 0 aliphatic carbocycles. The van der Waals surface area contributed by atoms with E-state index in [0.29, 0.717) is 6.42 Å². The molecule has 0 amide bonds. The third-order valence-electron chi connectivity index (χ3n) is 4.05. The number of sulfone groups is 1. The van der Waals surface area contributed by atoms with Gasteiger partial charge in [-0.15, -0.1) is 0 Å². The normalized spacial score (nSPS) is 13.6. The van der Waals surface area contributed by atoms with Gasteiger partial charge in [-0.05, 0) is 37.8 Å². The molecule has 8 heteroatoms. The molecule has 128 valence electrons. The molecule has 1 rings (SSSR count). The highest BCUT2D eigenvalue weighted by molar-refractivity contribution is 7.93. The molecule has 0 fully saturated rings. The van der Waals surface area contributed by atoms with Gasteiger partial charge in [-0.3, -0.25) is 10.1 Å². The van der Waals surface area contributed by atoms with Crippen molar-refractivity contribution < 1.29 is 17.7 Å². The zero-order valence-electron chi connectivity index (χ0n) is 13.6. The molecule has 0 aromatic heterocycles. The molecule has 23 heavy (non-hydrogen) atoms. The van der Waals surface area contributed by atoms with Crippen LogP contribution in [0.25, 0.3) is 0 Å². The van der Waals surface area contributed by atoms with Crippen LogP contribution in [-0.2, 0) is 9.84 Å². The largest absolute Gasteiger partial charge is 0.308 e. The third-order valence-corrected chi connectivity index (χ3v) is 6.79. The first-order valence-electron chi connectivity index (χ1n) is 7.18. The standard InChI is InChI=1S/C15H21FN2O4S/c1-5-14(17)15(3,4)23(21,22)9-10(2)12-8-11(18(19)20)6-7-13(12)16/h6-8,10,17H,5,9H2,1-4H3. The van der Waals surface area contributed by atoms with E-state index < -0.39 is 31.2 Å². The number of halogens is 1. The molecule has 0 bridgehead atoms. The number of nitrogens with one attached hydrogen (secondary N) is 1. The molecule has 0 aliphatic heterocycles. The molecule has 0 saturated carbocycles. The van der Waals surface area contributed by atoms with Crippen molar-refractivity contribution in [3.05, 3.63) is 39.7 Å². The molecule has 0 aliphatic rings. The van der Waals surface area contributed by atoms with E-state index in [1.54, 1.807) is 6.92 Å². The number of hydrogen-bond acceptors (Lipinski definition) is 5. The Hall–Kier alpha value is -1.83. The maximum absolute atomic E-state index is 13.9. The lowest BCUT2D eigenvalue weighted by atomic mass is 10.0. The minimum Gasteiger partial charge on any atom is -0.308 e. The predicted octanol–water partition coefficient (Wildman–Crippen LogP) is 3.46. The monoisotopic (exact) mass is 344 g/mol. The molecule has 1 atom stereocenters. The van der Waals surface area contributed by atoms with Gasteiger partial charge in [-0.2, -0.15) is 0 Å². The molecule has 0 radical (unpaired) electrons. The number of rotatable bonds is 7. The van der Waals surface area contributed by atoms with E-state index in [4.69, 9.17) is 5.41 Å². The fourth-order valence-electron chi connectivity index (χ4n) is 2.26. The molecule has 1 aromatic rings. The Morgan fingerprint density at radius 2 is 2.00 bits per heavy atom. The number of non-ortho nitro benzene ring substituents is 1. The summed E-state index contributed by atoms with van der Waals surface area (Å²) in [6.07, 6.45) is 0.297. The van der Waals surface area contributed by atoms with Crippen molar-refractivity contribution in [3.8, 4) is 0 Å². The number of benzene rings is 1. The molecule has 6 nitrogen and oxygen atoms in total. The highest BCUT2D eigenvalue weighted by Gasteiger charge is 2.39. The Labute approximate surface area is 135 Å². The Kier molecular flexibility index (Phi) is 5.63. The Bertz CT molecular complexity index is 729. The van der Waals surface area contributed by atoms with E-state index in [2.05, 4.69) is 0 Å². The van der Waals surface area contributed by atoms with Crippen LogP contribution in [0.4, 0.5) is 10.1 Å². The summed E-state index contributed by atoms with van der Waals surface area (Å²) in [6.45, 7) is 6.10. The van der Waals surface area contributed by atoms with Gasteiger partial charge in [0.25, 0.3) is 5.69 Å². The van der Waals surface area contributed by atoms with Crippen molar-refractivity contribution in [2.75, 3.05) is 5.75 Å². The van der Waals surface area contributed by atoms with Crippen LogP contribution in [0.1, 0.15) is 45.6 Å². The molecular formula is C15H21FN2O4S. The van der Waals surface area contributed by atoms with Crippen LogP contribution in [0, 0.1) is 21.3 Å². The molecular weight excluding hydrogens is 323 g/mol. The Balaban J connectivity index is 3.17. The summed E-state index contributed by atoms with van der Waals surface area (Å²) in [4.78, 5) is 10.1. The lowest BCUT2D eigenvalue weighted by Gasteiger charge is -2.27. The van der Waals surface area contributed by atoms with Gasteiger partial charge in [0, 0.05) is 17.8 Å². The highest BCUT2D eigenvalue weighted by Crippen LogP contribution is 2.29. The summed E-state index contributed by atoms with van der Waals surface area (Å²) in [6, 6.07) is 3.07. The van der Waals surface area contributed by atoms with Crippen LogP contribution in [0.2, 0.25) is 0 Å². The van der Waals surface area contributed by atoms with Gasteiger partial charge >= 0.3 is 0 Å². The number of nitro benzene ring substituents is 1. The van der Waals surface area contributed by atoms with E-state index in [1.807, 2.05) is 0 Å². The van der Waals surface area contributed by atoms with Gasteiger partial charge in [0.1, 0.15) is 10.6 Å². The summed E-state index contributed by atoms with van der Waals surface area (Å²) in [5.74, 6) is -1.83. The van der Waals surface area contributed by atoms with E-state index in [1.165, 1.54) is 20.8 Å². The van der Waals surface area contributed by atoms with E-state index in [-0.39, 0.29) is 22.7 Å². The summed E-state index contributed by atoms with van der Waals surface area (Å²) >= 11 is 0. The van der Waals surface area contributed by atoms with Gasteiger partial charge in [-0.1, -0.05) is 13.8 Å². The molecule has 0 heterocycles. The van der Waals surface area contributed by atoms with Crippen LogP contribution in [0.3, 0.4) is 0 Å². The first-order chi connectivity index (χ1) is 10.4. The fourth-order valence-corrected chi connectivity index (χ4v) is 4.04. The van der Waals surface area contributed by atoms with Crippen LogP contribution < -0.4 is 0 Å². The summed E-state index contributed by atoms with van der Waals surface area (Å²) < 4.78 is 37.7. The van der Waals surface area contributed by atoms with Crippen molar-refractivity contribution in [3.63, 3.8) is 0 Å². The smallest absolute Gasteiger partial charge is 0.269 e. The van der Waals surface area contributed by atoms with Gasteiger partial charge in [0.15, 0.2) is 9.84 Å². The minimum atomic E-state index is -3.73. The van der Waals surface area contributed by atoms with Crippen molar-refractivity contribution in [2.45, 2.75) is 44.8 Å². The van der Waals surface area contributed by atoms with Gasteiger partial charge < -0.3 is 5.41 Å². The first-order valence-corrected chi connectivity index (χ1v) is 8.83. The van der Waals surface area contributed by atoms with Crippen LogP contribution in [-0.4, -0.2) is 29.6 Å². The summed E-state index contributed by atoms with van der Waals surface area (Å²) in [5.41, 5.74) is -0.225. The second kappa shape index (κ2) is 6.74. The van der Waals surface area contributed by atoms with Gasteiger partial charge in [-0.25, -0.2) is 12.8 Å². The van der Waals surface area contributed by atoms with Crippen LogP contribution in [0.15, 0.2) is 18.2 Å². The number of nitro groups is 1. The quantitative estimate of drug-likeness (QED) is 0.465. The van der Waals surface area contributed by atoms with Crippen molar-refractivity contribution >= 4 is 21.2 Å².